The summed E-state index contributed by atoms with van der Waals surface area (Å²) in [6.07, 6.45) is 4.00. The van der Waals surface area contributed by atoms with E-state index in [0.717, 1.165) is 25.9 Å². The van der Waals surface area contributed by atoms with Crippen LogP contribution in [0, 0.1) is 5.92 Å². The van der Waals surface area contributed by atoms with Crippen LogP contribution >= 0.6 is 0 Å². The van der Waals surface area contributed by atoms with Crippen molar-refractivity contribution < 1.29 is 9.53 Å². The van der Waals surface area contributed by atoms with Crippen molar-refractivity contribution in [3.8, 4) is 0 Å². The SMILES string of the molecule is CCOC(=O)N1CCC(NC(N)=NC[C@H]2CCCN2CC(C)C)CC1. The number of carbonyl (C=O) groups excluding carboxylic acids is 1. The fourth-order valence-corrected chi connectivity index (χ4v) is 3.69. The second-order valence-corrected chi connectivity index (χ2v) is 7.52. The molecule has 0 aliphatic carbocycles. The summed E-state index contributed by atoms with van der Waals surface area (Å²) in [6, 6.07) is 0.804. The molecule has 2 saturated heterocycles. The van der Waals surface area contributed by atoms with Gasteiger partial charge in [-0.2, -0.15) is 0 Å². The molecule has 2 heterocycles. The molecule has 3 N–H and O–H groups in total. The molecule has 0 radical (unpaired) electrons. The molecular formula is C18H35N5O2. The van der Waals surface area contributed by atoms with Gasteiger partial charge in [0.1, 0.15) is 0 Å². The minimum atomic E-state index is -0.214. The lowest BCUT2D eigenvalue weighted by Crippen LogP contribution is -2.48. The third-order valence-corrected chi connectivity index (χ3v) is 4.94. The zero-order chi connectivity index (χ0) is 18.2. The highest BCUT2D eigenvalue weighted by Gasteiger charge is 2.25. The van der Waals surface area contributed by atoms with E-state index in [-0.39, 0.29) is 12.1 Å². The van der Waals surface area contributed by atoms with Gasteiger partial charge >= 0.3 is 6.09 Å². The van der Waals surface area contributed by atoms with E-state index >= 15 is 0 Å². The lowest BCUT2D eigenvalue weighted by Gasteiger charge is -2.32. The Labute approximate surface area is 152 Å². The van der Waals surface area contributed by atoms with Gasteiger partial charge in [-0.25, -0.2) is 4.79 Å². The molecule has 25 heavy (non-hydrogen) atoms. The predicted molar refractivity (Wildman–Crippen MR) is 101 cm³/mol. The van der Waals surface area contributed by atoms with Crippen molar-refractivity contribution in [1.29, 1.82) is 0 Å². The molecule has 144 valence electrons. The smallest absolute Gasteiger partial charge is 0.409 e. The molecule has 2 aliphatic heterocycles. The van der Waals surface area contributed by atoms with Crippen LogP contribution in [0.25, 0.3) is 0 Å². The van der Waals surface area contributed by atoms with Crippen LogP contribution in [0.3, 0.4) is 0 Å². The number of ether oxygens (including phenoxy) is 1. The molecule has 0 unspecified atom stereocenters. The molecule has 2 rings (SSSR count). The predicted octanol–water partition coefficient (Wildman–Crippen LogP) is 1.63. The van der Waals surface area contributed by atoms with Gasteiger partial charge in [-0.3, -0.25) is 9.89 Å². The molecule has 1 atom stereocenters. The molecule has 0 aromatic carbocycles. The molecule has 0 spiro atoms. The number of hydrogen-bond acceptors (Lipinski definition) is 4. The molecule has 2 fully saturated rings. The molecule has 7 nitrogen and oxygen atoms in total. The number of rotatable bonds is 6. The molecule has 0 saturated carbocycles. The fraction of sp³-hybridized carbons (Fsp3) is 0.889. The topological polar surface area (TPSA) is 83.2 Å². The van der Waals surface area contributed by atoms with Gasteiger partial charge in [-0.15, -0.1) is 0 Å². The van der Waals surface area contributed by atoms with E-state index in [1.807, 2.05) is 6.92 Å². The van der Waals surface area contributed by atoms with E-state index in [1.54, 1.807) is 4.90 Å². The monoisotopic (exact) mass is 353 g/mol. The first-order valence-electron chi connectivity index (χ1n) is 9.71. The first-order chi connectivity index (χ1) is 12.0. The Morgan fingerprint density at radius 3 is 2.64 bits per heavy atom. The van der Waals surface area contributed by atoms with Gasteiger partial charge in [0.25, 0.3) is 0 Å². The quantitative estimate of drug-likeness (QED) is 0.560. The molecule has 7 heteroatoms. The Balaban J connectivity index is 1.72. The molecule has 0 aromatic rings. The minimum absolute atomic E-state index is 0.214. The van der Waals surface area contributed by atoms with Crippen molar-refractivity contribution in [3.63, 3.8) is 0 Å². The number of nitrogens with zero attached hydrogens (tertiary/aromatic N) is 3. The number of guanidine groups is 1. The Morgan fingerprint density at radius 2 is 2.00 bits per heavy atom. The standard InChI is InChI=1S/C18H35N5O2/c1-4-25-18(24)22-10-7-15(8-11-22)21-17(19)20-12-16-6-5-9-23(16)13-14(2)3/h14-16H,4-13H2,1-3H3,(H3,19,20,21)/t16-/m1/s1. The Morgan fingerprint density at radius 1 is 1.28 bits per heavy atom. The van der Waals surface area contributed by atoms with Crippen molar-refractivity contribution in [2.45, 2.75) is 58.5 Å². The Hall–Kier alpha value is -1.50. The summed E-state index contributed by atoms with van der Waals surface area (Å²) in [5, 5.41) is 3.32. The zero-order valence-electron chi connectivity index (χ0n) is 16.0. The van der Waals surface area contributed by atoms with E-state index in [2.05, 4.69) is 29.1 Å². The zero-order valence-corrected chi connectivity index (χ0v) is 16.0. The highest BCUT2D eigenvalue weighted by Crippen LogP contribution is 2.19. The maximum atomic E-state index is 11.7. The summed E-state index contributed by atoms with van der Waals surface area (Å²) >= 11 is 0. The number of piperidine rings is 1. The average Bonchev–Trinajstić information content (AvgIpc) is 3.00. The minimum Gasteiger partial charge on any atom is -0.450 e. The van der Waals surface area contributed by atoms with E-state index in [1.165, 1.54) is 19.4 Å². The average molecular weight is 354 g/mol. The van der Waals surface area contributed by atoms with Crippen LogP contribution in [-0.2, 0) is 4.74 Å². The summed E-state index contributed by atoms with van der Waals surface area (Å²) < 4.78 is 5.04. The number of aliphatic imine (C=N–C) groups is 1. The summed E-state index contributed by atoms with van der Waals surface area (Å²) in [4.78, 5) is 20.6. The van der Waals surface area contributed by atoms with Crippen LogP contribution in [-0.4, -0.2) is 73.3 Å². The highest BCUT2D eigenvalue weighted by atomic mass is 16.6. The highest BCUT2D eigenvalue weighted by molar-refractivity contribution is 5.78. The molecule has 1 amide bonds. The number of nitrogens with two attached hydrogens (primary N) is 1. The number of hydrogen-bond donors (Lipinski definition) is 2. The van der Waals surface area contributed by atoms with E-state index in [4.69, 9.17) is 10.5 Å². The van der Waals surface area contributed by atoms with Crippen molar-refractivity contribution in [2.24, 2.45) is 16.6 Å². The van der Waals surface area contributed by atoms with Gasteiger partial charge in [-0.05, 0) is 45.1 Å². The summed E-state index contributed by atoms with van der Waals surface area (Å²) in [5.74, 6) is 1.22. The lowest BCUT2D eigenvalue weighted by molar-refractivity contribution is 0.0963. The first kappa shape index (κ1) is 19.8. The van der Waals surface area contributed by atoms with Crippen molar-refractivity contribution in [1.82, 2.24) is 15.1 Å². The van der Waals surface area contributed by atoms with Crippen molar-refractivity contribution >= 4 is 12.1 Å². The van der Waals surface area contributed by atoms with Gasteiger partial charge in [0.2, 0.25) is 0 Å². The number of carbonyl (C=O) groups is 1. The van der Waals surface area contributed by atoms with Gasteiger partial charge in [0.15, 0.2) is 5.96 Å². The van der Waals surface area contributed by atoms with Crippen LogP contribution in [0.2, 0.25) is 0 Å². The third-order valence-electron chi connectivity index (χ3n) is 4.94. The van der Waals surface area contributed by atoms with Crippen LogP contribution in [0.4, 0.5) is 4.79 Å². The number of likely N-dealkylation sites (tertiary alicyclic amines) is 2. The molecule has 2 aliphatic rings. The lowest BCUT2D eigenvalue weighted by atomic mass is 10.1. The number of amides is 1. The van der Waals surface area contributed by atoms with Gasteiger partial charge < -0.3 is 20.7 Å². The van der Waals surface area contributed by atoms with Gasteiger partial charge in [-0.1, -0.05) is 13.8 Å². The van der Waals surface area contributed by atoms with Gasteiger partial charge in [0, 0.05) is 31.7 Å². The molecule has 0 bridgehead atoms. The third kappa shape index (κ3) is 6.38. The second kappa shape index (κ2) is 9.85. The molecule has 0 aromatic heterocycles. The largest absolute Gasteiger partial charge is 0.450 e. The summed E-state index contributed by atoms with van der Waals surface area (Å²) in [6.45, 7) is 11.3. The van der Waals surface area contributed by atoms with E-state index in [9.17, 15) is 4.79 Å². The maximum absolute atomic E-state index is 11.7. The van der Waals surface area contributed by atoms with Crippen LogP contribution in [0.15, 0.2) is 4.99 Å². The molecular weight excluding hydrogens is 318 g/mol. The van der Waals surface area contributed by atoms with E-state index in [0.29, 0.717) is 37.6 Å². The second-order valence-electron chi connectivity index (χ2n) is 7.52. The van der Waals surface area contributed by atoms with Crippen molar-refractivity contribution in [3.05, 3.63) is 0 Å². The van der Waals surface area contributed by atoms with Crippen LogP contribution in [0.5, 0.6) is 0 Å². The Bertz CT molecular complexity index is 447. The maximum Gasteiger partial charge on any atom is 0.409 e. The fourth-order valence-electron chi connectivity index (χ4n) is 3.69. The Kier molecular flexibility index (Phi) is 7.81. The summed E-state index contributed by atoms with van der Waals surface area (Å²) in [5.41, 5.74) is 6.09. The van der Waals surface area contributed by atoms with E-state index < -0.39 is 0 Å². The van der Waals surface area contributed by atoms with Crippen LogP contribution in [0.1, 0.15) is 46.5 Å². The van der Waals surface area contributed by atoms with Crippen molar-refractivity contribution in [2.75, 3.05) is 39.3 Å². The normalized spacial score (nSPS) is 23.3. The van der Waals surface area contributed by atoms with Crippen LogP contribution < -0.4 is 11.1 Å². The summed E-state index contributed by atoms with van der Waals surface area (Å²) in [7, 11) is 0. The number of nitrogens with one attached hydrogen (secondary N) is 1. The van der Waals surface area contributed by atoms with Gasteiger partial charge in [0.05, 0.1) is 13.2 Å². The first-order valence-corrected chi connectivity index (χ1v) is 9.71.